The molecular weight excluding hydrogens is 424 g/mol. The molecule has 0 aliphatic heterocycles. The molecule has 174 valence electrons. The van der Waals surface area contributed by atoms with Gasteiger partial charge < -0.3 is 19.7 Å². The summed E-state index contributed by atoms with van der Waals surface area (Å²) in [5.74, 6) is -1.60. The van der Waals surface area contributed by atoms with Crippen LogP contribution in [0.1, 0.15) is 36.8 Å². The maximum atomic E-state index is 12.0. The predicted molar refractivity (Wildman–Crippen MR) is 125 cm³/mol. The van der Waals surface area contributed by atoms with E-state index in [-0.39, 0.29) is 25.9 Å². The lowest BCUT2D eigenvalue weighted by atomic mass is 9.97. The van der Waals surface area contributed by atoms with Gasteiger partial charge in [0.15, 0.2) is 0 Å². The van der Waals surface area contributed by atoms with Crippen molar-refractivity contribution in [2.75, 3.05) is 6.61 Å². The van der Waals surface area contributed by atoms with Crippen molar-refractivity contribution in [2.45, 2.75) is 38.5 Å². The molecule has 0 aliphatic carbocycles. The molecule has 0 aliphatic rings. The summed E-state index contributed by atoms with van der Waals surface area (Å²) in [5.41, 5.74) is 3.40. The Bertz CT molecular complexity index is 1020. The van der Waals surface area contributed by atoms with Crippen molar-refractivity contribution in [3.8, 4) is 22.6 Å². The third kappa shape index (κ3) is 8.29. The van der Waals surface area contributed by atoms with Crippen molar-refractivity contribution < 1.29 is 34.1 Å². The van der Waals surface area contributed by atoms with E-state index in [1.54, 1.807) is 24.3 Å². The van der Waals surface area contributed by atoms with Gasteiger partial charge in [-0.25, -0.2) is 0 Å². The third-order valence-electron chi connectivity index (χ3n) is 4.72. The lowest BCUT2D eigenvalue weighted by molar-refractivity contribution is -0.142. The molecule has 0 saturated carbocycles. The number of carboxylic acid groups (broad SMARTS) is 2. The first kappa shape index (κ1) is 25.4. The number of aliphatic carboxylic acids is 2. The van der Waals surface area contributed by atoms with E-state index in [0.29, 0.717) is 30.8 Å². The van der Waals surface area contributed by atoms with Crippen LogP contribution in [0.15, 0.2) is 61.7 Å². The van der Waals surface area contributed by atoms with Crippen LogP contribution in [0, 0.1) is 0 Å². The predicted octanol–water partition coefficient (Wildman–Crippen LogP) is 4.82. The summed E-state index contributed by atoms with van der Waals surface area (Å²) < 4.78 is 11.3. The summed E-state index contributed by atoms with van der Waals surface area (Å²) in [5, 5.41) is 17.6. The van der Waals surface area contributed by atoms with E-state index in [4.69, 9.17) is 19.7 Å². The highest BCUT2D eigenvalue weighted by Crippen LogP contribution is 2.35. The zero-order valence-corrected chi connectivity index (χ0v) is 18.4. The van der Waals surface area contributed by atoms with Crippen molar-refractivity contribution in [1.82, 2.24) is 0 Å². The molecule has 0 heterocycles. The Kier molecular flexibility index (Phi) is 9.89. The molecule has 0 atom stereocenters. The van der Waals surface area contributed by atoms with Gasteiger partial charge in [-0.3, -0.25) is 14.4 Å². The van der Waals surface area contributed by atoms with Gasteiger partial charge in [0.25, 0.3) is 0 Å². The minimum absolute atomic E-state index is 0.0231. The minimum atomic E-state index is -1.07. The van der Waals surface area contributed by atoms with Crippen molar-refractivity contribution >= 4 is 17.9 Å². The smallest absolute Gasteiger partial charge is 0.311 e. The van der Waals surface area contributed by atoms with E-state index in [9.17, 15) is 14.4 Å². The fourth-order valence-corrected chi connectivity index (χ4v) is 3.17. The van der Waals surface area contributed by atoms with Crippen molar-refractivity contribution in [1.29, 1.82) is 0 Å². The zero-order chi connectivity index (χ0) is 24.2. The van der Waals surface area contributed by atoms with Crippen LogP contribution in [-0.2, 0) is 27.2 Å². The summed E-state index contributed by atoms with van der Waals surface area (Å²) >= 11 is 0. The van der Waals surface area contributed by atoms with Crippen LogP contribution in [0.4, 0.5) is 0 Å². The average molecular weight is 453 g/mol. The number of hydrogen-bond acceptors (Lipinski definition) is 5. The molecule has 0 aromatic heterocycles. The summed E-state index contributed by atoms with van der Waals surface area (Å²) in [4.78, 5) is 33.5. The molecule has 0 saturated heterocycles. The third-order valence-corrected chi connectivity index (χ3v) is 4.72. The lowest BCUT2D eigenvalue weighted by Crippen LogP contribution is -2.11. The van der Waals surface area contributed by atoms with Crippen LogP contribution >= 0.6 is 0 Å². The van der Waals surface area contributed by atoms with Crippen LogP contribution in [0.5, 0.6) is 11.5 Å². The van der Waals surface area contributed by atoms with Crippen molar-refractivity contribution in [2.24, 2.45) is 0 Å². The fraction of sp³-hybridized carbons (Fsp3) is 0.269. The van der Waals surface area contributed by atoms with Gasteiger partial charge in [-0.1, -0.05) is 24.3 Å². The number of carbonyl (C=O) groups is 3. The first-order valence-electron chi connectivity index (χ1n) is 10.6. The second kappa shape index (κ2) is 12.9. The Balaban J connectivity index is 2.34. The number of rotatable bonds is 14. The van der Waals surface area contributed by atoms with Crippen LogP contribution in [0.2, 0.25) is 0 Å². The van der Waals surface area contributed by atoms with Gasteiger partial charge in [0.1, 0.15) is 11.5 Å². The van der Waals surface area contributed by atoms with Gasteiger partial charge >= 0.3 is 17.9 Å². The average Bonchev–Trinajstić information content (AvgIpc) is 2.77. The highest BCUT2D eigenvalue weighted by atomic mass is 16.5. The Morgan fingerprint density at radius 3 is 2.21 bits per heavy atom. The van der Waals surface area contributed by atoms with E-state index >= 15 is 0 Å². The molecule has 2 aromatic carbocycles. The van der Waals surface area contributed by atoms with E-state index in [1.165, 1.54) is 0 Å². The quantitative estimate of drug-likeness (QED) is 0.183. The Morgan fingerprint density at radius 1 is 0.848 bits per heavy atom. The van der Waals surface area contributed by atoms with Crippen LogP contribution in [0.3, 0.4) is 0 Å². The molecule has 0 amide bonds. The number of esters is 1. The van der Waals surface area contributed by atoms with Gasteiger partial charge in [-0.2, -0.15) is 0 Å². The SMILES string of the molecule is C=CCc1ccc(OCCCC(=O)O)c(-c2ccc(OC(=O)CCC(=O)O)c(CC=C)c2)c1. The van der Waals surface area contributed by atoms with Crippen molar-refractivity contribution in [3.05, 3.63) is 72.8 Å². The maximum absolute atomic E-state index is 12.0. The van der Waals surface area contributed by atoms with E-state index in [2.05, 4.69) is 13.2 Å². The monoisotopic (exact) mass is 452 g/mol. The molecule has 0 fully saturated rings. The standard InChI is InChI=1S/C26H28O7/c1-3-6-18-9-11-23(32-15-5-8-24(27)28)21(16-18)19-10-12-22(20(17-19)7-4-2)33-26(31)14-13-25(29)30/h3-4,9-12,16-17H,1-2,5-8,13-15H2,(H,27,28)(H,29,30). The molecule has 2 aromatic rings. The minimum Gasteiger partial charge on any atom is -0.493 e. The molecule has 7 heteroatoms. The first-order chi connectivity index (χ1) is 15.8. The van der Waals surface area contributed by atoms with E-state index in [1.807, 2.05) is 24.3 Å². The van der Waals surface area contributed by atoms with Gasteiger partial charge in [0, 0.05) is 12.0 Å². The molecule has 2 N–H and O–H groups in total. The Hall–Kier alpha value is -3.87. The molecule has 0 spiro atoms. The number of allylic oxidation sites excluding steroid dienone is 2. The summed E-state index contributed by atoms with van der Waals surface area (Å²) in [6, 6.07) is 11.1. The van der Waals surface area contributed by atoms with E-state index in [0.717, 1.165) is 22.3 Å². The molecule has 0 radical (unpaired) electrons. The molecule has 33 heavy (non-hydrogen) atoms. The van der Waals surface area contributed by atoms with Gasteiger partial charge in [0.2, 0.25) is 0 Å². The Morgan fingerprint density at radius 2 is 1.55 bits per heavy atom. The summed E-state index contributed by atoms with van der Waals surface area (Å²) in [6.07, 6.45) is 4.49. The maximum Gasteiger partial charge on any atom is 0.311 e. The fourth-order valence-electron chi connectivity index (χ4n) is 3.17. The molecular formula is C26H28O7. The van der Waals surface area contributed by atoms with Crippen molar-refractivity contribution in [3.63, 3.8) is 0 Å². The number of carbonyl (C=O) groups excluding carboxylic acids is 1. The summed E-state index contributed by atoms with van der Waals surface area (Å²) in [6.45, 7) is 7.80. The zero-order valence-electron chi connectivity index (χ0n) is 18.4. The summed E-state index contributed by atoms with van der Waals surface area (Å²) in [7, 11) is 0. The van der Waals surface area contributed by atoms with Gasteiger partial charge in [0.05, 0.1) is 19.4 Å². The number of benzene rings is 2. The van der Waals surface area contributed by atoms with Crippen LogP contribution in [-0.4, -0.2) is 34.7 Å². The highest BCUT2D eigenvalue weighted by Gasteiger charge is 2.14. The lowest BCUT2D eigenvalue weighted by Gasteiger charge is -2.15. The normalized spacial score (nSPS) is 10.3. The second-order valence-electron chi connectivity index (χ2n) is 7.35. The van der Waals surface area contributed by atoms with Gasteiger partial charge in [-0.15, -0.1) is 13.2 Å². The van der Waals surface area contributed by atoms with Crippen LogP contribution in [0.25, 0.3) is 11.1 Å². The topological polar surface area (TPSA) is 110 Å². The number of hydrogen-bond donors (Lipinski definition) is 2. The van der Waals surface area contributed by atoms with E-state index < -0.39 is 17.9 Å². The number of ether oxygens (including phenoxy) is 2. The largest absolute Gasteiger partial charge is 0.493 e. The molecule has 2 rings (SSSR count). The molecule has 0 unspecified atom stereocenters. The van der Waals surface area contributed by atoms with Crippen LogP contribution < -0.4 is 9.47 Å². The highest BCUT2D eigenvalue weighted by molar-refractivity contribution is 5.79. The Labute approximate surface area is 193 Å². The van der Waals surface area contributed by atoms with Gasteiger partial charge in [-0.05, 0) is 60.2 Å². The first-order valence-corrected chi connectivity index (χ1v) is 10.6. The molecule has 7 nitrogen and oxygen atoms in total. The molecule has 0 bridgehead atoms. The second-order valence-corrected chi connectivity index (χ2v) is 7.35. The number of carboxylic acids is 2.